The Kier molecular flexibility index (Phi) is 6.84. The molecular weight excluding hydrogens is 352 g/mol. The highest BCUT2D eigenvalue weighted by molar-refractivity contribution is 8.00. The molecule has 1 aliphatic rings. The van der Waals surface area contributed by atoms with Crippen molar-refractivity contribution >= 4 is 23.4 Å². The van der Waals surface area contributed by atoms with Gasteiger partial charge in [-0.1, -0.05) is 37.3 Å². The number of thioether (sulfide) groups is 1. The fraction of sp³-hybridized carbons (Fsp3) is 0.435. The van der Waals surface area contributed by atoms with E-state index in [1.165, 1.54) is 18.5 Å². The smallest absolute Gasteiger partial charge is 0.233 e. The number of amides is 1. The molecule has 0 aromatic heterocycles. The average Bonchev–Trinajstić information content (AvgIpc) is 2.69. The van der Waals surface area contributed by atoms with Gasteiger partial charge in [-0.2, -0.15) is 0 Å². The van der Waals surface area contributed by atoms with Crippen LogP contribution in [0.4, 0.5) is 5.69 Å². The Hall–Kier alpha value is -1.94. The van der Waals surface area contributed by atoms with Crippen LogP contribution in [0.3, 0.4) is 0 Å². The number of benzene rings is 2. The molecule has 1 saturated heterocycles. The molecule has 3 rings (SSSR count). The molecule has 0 aliphatic carbocycles. The van der Waals surface area contributed by atoms with Crippen molar-refractivity contribution in [3.8, 4) is 0 Å². The summed E-state index contributed by atoms with van der Waals surface area (Å²) in [5, 5.41) is 3.03. The van der Waals surface area contributed by atoms with Crippen molar-refractivity contribution in [1.29, 1.82) is 0 Å². The second-order valence-electron chi connectivity index (χ2n) is 7.56. The predicted octanol–water partition coefficient (Wildman–Crippen LogP) is 5.28. The van der Waals surface area contributed by atoms with Gasteiger partial charge in [0.1, 0.15) is 0 Å². The SMILES string of the molecule is CC1CCN(c2ccc([C@@H](C)NC(=O)[C@H](C)Sc3ccccc3)cc2)CC1. The molecule has 0 unspecified atom stereocenters. The van der Waals surface area contributed by atoms with E-state index in [9.17, 15) is 4.79 Å². The van der Waals surface area contributed by atoms with E-state index in [0.29, 0.717) is 0 Å². The molecule has 0 spiro atoms. The summed E-state index contributed by atoms with van der Waals surface area (Å²) < 4.78 is 0. The van der Waals surface area contributed by atoms with Gasteiger partial charge in [0, 0.05) is 23.7 Å². The van der Waals surface area contributed by atoms with Gasteiger partial charge in [-0.05, 0) is 62.4 Å². The molecule has 1 heterocycles. The van der Waals surface area contributed by atoms with Crippen LogP contribution in [0.1, 0.15) is 45.2 Å². The minimum absolute atomic E-state index is 0.00625. The summed E-state index contributed by atoms with van der Waals surface area (Å²) in [6.45, 7) is 8.62. The van der Waals surface area contributed by atoms with E-state index >= 15 is 0 Å². The average molecular weight is 383 g/mol. The minimum Gasteiger partial charge on any atom is -0.372 e. The molecule has 0 radical (unpaired) electrons. The molecule has 3 nitrogen and oxygen atoms in total. The largest absolute Gasteiger partial charge is 0.372 e. The number of rotatable bonds is 6. The van der Waals surface area contributed by atoms with E-state index in [0.717, 1.165) is 29.5 Å². The quantitative estimate of drug-likeness (QED) is 0.690. The predicted molar refractivity (Wildman–Crippen MR) is 115 cm³/mol. The molecule has 0 saturated carbocycles. The van der Waals surface area contributed by atoms with Gasteiger partial charge in [0.2, 0.25) is 5.91 Å². The Morgan fingerprint density at radius 1 is 1.04 bits per heavy atom. The molecule has 2 atom stereocenters. The number of anilines is 1. The van der Waals surface area contributed by atoms with E-state index < -0.39 is 0 Å². The minimum atomic E-state index is -0.121. The van der Waals surface area contributed by atoms with E-state index in [-0.39, 0.29) is 17.2 Å². The fourth-order valence-corrected chi connectivity index (χ4v) is 4.31. The first kappa shape index (κ1) is 19.8. The van der Waals surface area contributed by atoms with Crippen LogP contribution in [-0.2, 0) is 4.79 Å². The lowest BCUT2D eigenvalue weighted by Gasteiger charge is -2.32. The maximum absolute atomic E-state index is 12.5. The Labute approximate surface area is 167 Å². The van der Waals surface area contributed by atoms with Crippen molar-refractivity contribution in [2.75, 3.05) is 18.0 Å². The molecule has 1 aliphatic heterocycles. The molecule has 1 fully saturated rings. The molecule has 144 valence electrons. The lowest BCUT2D eigenvalue weighted by atomic mass is 9.98. The van der Waals surface area contributed by atoms with Crippen LogP contribution in [0.5, 0.6) is 0 Å². The molecule has 1 N–H and O–H groups in total. The summed E-state index contributed by atoms with van der Waals surface area (Å²) in [5.74, 6) is 0.914. The van der Waals surface area contributed by atoms with Crippen LogP contribution < -0.4 is 10.2 Å². The maximum Gasteiger partial charge on any atom is 0.233 e. The number of hydrogen-bond donors (Lipinski definition) is 1. The van der Waals surface area contributed by atoms with Crippen molar-refractivity contribution in [3.63, 3.8) is 0 Å². The first-order valence-corrected chi connectivity index (χ1v) is 10.8. The second-order valence-corrected chi connectivity index (χ2v) is 8.98. The summed E-state index contributed by atoms with van der Waals surface area (Å²) in [7, 11) is 0. The highest BCUT2D eigenvalue weighted by atomic mass is 32.2. The molecule has 4 heteroatoms. The van der Waals surface area contributed by atoms with E-state index in [2.05, 4.69) is 48.3 Å². The second kappa shape index (κ2) is 9.32. The number of nitrogens with one attached hydrogen (secondary N) is 1. The van der Waals surface area contributed by atoms with Gasteiger partial charge < -0.3 is 10.2 Å². The first-order valence-electron chi connectivity index (χ1n) is 9.90. The highest BCUT2D eigenvalue weighted by Gasteiger charge is 2.19. The number of carbonyl (C=O) groups excluding carboxylic acids is 1. The summed E-state index contributed by atoms with van der Waals surface area (Å²) in [6.07, 6.45) is 2.54. The molecule has 0 bridgehead atoms. The maximum atomic E-state index is 12.5. The van der Waals surface area contributed by atoms with Crippen LogP contribution in [-0.4, -0.2) is 24.2 Å². The molecule has 2 aromatic carbocycles. The lowest BCUT2D eigenvalue weighted by Crippen LogP contribution is -2.33. The summed E-state index contributed by atoms with van der Waals surface area (Å²) in [5.41, 5.74) is 2.44. The Bertz CT molecular complexity index is 724. The summed E-state index contributed by atoms with van der Waals surface area (Å²) in [6, 6.07) is 18.8. The van der Waals surface area contributed by atoms with Crippen molar-refractivity contribution in [3.05, 3.63) is 60.2 Å². The van der Waals surface area contributed by atoms with Crippen LogP contribution in [0.2, 0.25) is 0 Å². The van der Waals surface area contributed by atoms with Gasteiger partial charge in [-0.25, -0.2) is 0 Å². The highest BCUT2D eigenvalue weighted by Crippen LogP contribution is 2.26. The van der Waals surface area contributed by atoms with Crippen LogP contribution >= 0.6 is 11.8 Å². The van der Waals surface area contributed by atoms with Crippen molar-refractivity contribution < 1.29 is 4.79 Å². The third kappa shape index (κ3) is 5.52. The van der Waals surface area contributed by atoms with Gasteiger partial charge in [0.05, 0.1) is 11.3 Å². The fourth-order valence-electron chi connectivity index (χ4n) is 3.41. The lowest BCUT2D eigenvalue weighted by molar-refractivity contribution is -0.120. The van der Waals surface area contributed by atoms with Gasteiger partial charge in [-0.15, -0.1) is 11.8 Å². The van der Waals surface area contributed by atoms with E-state index in [1.807, 2.05) is 37.3 Å². The van der Waals surface area contributed by atoms with Gasteiger partial charge in [0.15, 0.2) is 0 Å². The zero-order valence-electron chi connectivity index (χ0n) is 16.5. The molecular formula is C23H30N2OS. The Morgan fingerprint density at radius 3 is 2.30 bits per heavy atom. The van der Waals surface area contributed by atoms with Gasteiger partial charge in [0.25, 0.3) is 0 Å². The van der Waals surface area contributed by atoms with Gasteiger partial charge >= 0.3 is 0 Å². The third-order valence-corrected chi connectivity index (χ3v) is 6.44. The number of hydrogen-bond acceptors (Lipinski definition) is 3. The van der Waals surface area contributed by atoms with Gasteiger partial charge in [-0.3, -0.25) is 4.79 Å². The first-order chi connectivity index (χ1) is 13.0. The zero-order chi connectivity index (χ0) is 19.2. The monoisotopic (exact) mass is 382 g/mol. The van der Waals surface area contributed by atoms with E-state index in [4.69, 9.17) is 0 Å². The van der Waals surface area contributed by atoms with Crippen molar-refractivity contribution in [2.24, 2.45) is 5.92 Å². The summed E-state index contributed by atoms with van der Waals surface area (Å²) in [4.78, 5) is 16.1. The van der Waals surface area contributed by atoms with E-state index in [1.54, 1.807) is 11.8 Å². The van der Waals surface area contributed by atoms with Crippen LogP contribution in [0.15, 0.2) is 59.5 Å². The Morgan fingerprint density at radius 2 is 1.67 bits per heavy atom. The number of carbonyl (C=O) groups is 1. The van der Waals surface area contributed by atoms with Crippen molar-refractivity contribution in [2.45, 2.75) is 49.8 Å². The third-order valence-electron chi connectivity index (χ3n) is 5.33. The molecule has 27 heavy (non-hydrogen) atoms. The van der Waals surface area contributed by atoms with Crippen molar-refractivity contribution in [1.82, 2.24) is 5.32 Å². The number of piperidine rings is 1. The normalized spacial score (nSPS) is 17.4. The summed E-state index contributed by atoms with van der Waals surface area (Å²) >= 11 is 1.59. The van der Waals surface area contributed by atoms with Crippen LogP contribution in [0, 0.1) is 5.92 Å². The molecule has 2 aromatic rings. The number of nitrogens with zero attached hydrogens (tertiary/aromatic N) is 1. The standard InChI is InChI=1S/C23H30N2OS/c1-17-13-15-25(16-14-17)21-11-9-20(10-12-21)18(2)24-23(26)19(3)27-22-7-5-4-6-8-22/h4-12,17-19H,13-16H2,1-3H3,(H,24,26)/t18-,19+/m1/s1. The topological polar surface area (TPSA) is 32.3 Å². The zero-order valence-corrected chi connectivity index (χ0v) is 17.3. The Balaban J connectivity index is 1.54. The molecule has 1 amide bonds. The van der Waals surface area contributed by atoms with Crippen LogP contribution in [0.25, 0.3) is 0 Å².